The second kappa shape index (κ2) is 6.78. The van der Waals surface area contributed by atoms with E-state index in [1.165, 1.54) is 15.4 Å². The van der Waals surface area contributed by atoms with Crippen molar-refractivity contribution in [3.8, 4) is 5.75 Å². The van der Waals surface area contributed by atoms with Crippen molar-refractivity contribution in [1.29, 1.82) is 0 Å². The van der Waals surface area contributed by atoms with Crippen LogP contribution in [0.3, 0.4) is 0 Å². The summed E-state index contributed by atoms with van der Waals surface area (Å²) in [5, 5.41) is 4.26. The highest BCUT2D eigenvalue weighted by Gasteiger charge is 2.10. The van der Waals surface area contributed by atoms with Gasteiger partial charge in [0.2, 0.25) is 0 Å². The lowest BCUT2D eigenvalue weighted by molar-refractivity contribution is 0.415. The lowest BCUT2D eigenvalue weighted by atomic mass is 10.2. The average molecular weight is 315 g/mol. The van der Waals surface area contributed by atoms with Crippen LogP contribution in [0.4, 0.5) is 5.69 Å². The van der Waals surface area contributed by atoms with E-state index in [1.807, 2.05) is 12.1 Å². The Kier molecular flexibility index (Phi) is 4.58. The Hall–Kier alpha value is -1.78. The van der Waals surface area contributed by atoms with Crippen LogP contribution in [0.15, 0.2) is 59.3 Å². The summed E-state index contributed by atoms with van der Waals surface area (Å²) in [6, 6.07) is 16.9. The van der Waals surface area contributed by atoms with E-state index in [4.69, 9.17) is 4.74 Å². The Labute approximate surface area is 133 Å². The molecule has 0 aliphatic heterocycles. The number of ether oxygens (including phenoxy) is 1. The van der Waals surface area contributed by atoms with E-state index in [1.54, 1.807) is 29.8 Å². The van der Waals surface area contributed by atoms with Crippen LogP contribution in [-0.2, 0) is 13.1 Å². The summed E-state index contributed by atoms with van der Waals surface area (Å²) in [7, 11) is 1.70. The van der Waals surface area contributed by atoms with Gasteiger partial charge in [0.25, 0.3) is 0 Å². The maximum absolute atomic E-state index is 5.25. The lowest BCUT2D eigenvalue weighted by Gasteiger charge is -2.24. The van der Waals surface area contributed by atoms with Gasteiger partial charge in [-0.3, -0.25) is 0 Å². The Morgan fingerprint density at radius 1 is 0.857 bits per heavy atom. The van der Waals surface area contributed by atoms with Crippen molar-refractivity contribution in [2.45, 2.75) is 13.1 Å². The lowest BCUT2D eigenvalue weighted by Crippen LogP contribution is -2.20. The topological polar surface area (TPSA) is 12.5 Å². The Bertz CT molecular complexity index is 608. The number of hydrogen-bond acceptors (Lipinski definition) is 4. The van der Waals surface area contributed by atoms with Crippen LogP contribution in [0, 0.1) is 0 Å². The maximum atomic E-state index is 5.25. The first kappa shape index (κ1) is 14.2. The minimum atomic E-state index is 0.894. The molecule has 0 radical (unpaired) electrons. The quantitative estimate of drug-likeness (QED) is 0.633. The number of benzene rings is 1. The van der Waals surface area contributed by atoms with Crippen LogP contribution >= 0.6 is 22.7 Å². The molecule has 0 amide bonds. The molecular formula is C17H17NOS2. The maximum Gasteiger partial charge on any atom is 0.119 e. The van der Waals surface area contributed by atoms with Gasteiger partial charge in [0.05, 0.1) is 20.2 Å². The van der Waals surface area contributed by atoms with Crippen LogP contribution < -0.4 is 9.64 Å². The van der Waals surface area contributed by atoms with E-state index in [0.717, 1.165) is 18.8 Å². The molecule has 0 N–H and O–H groups in total. The molecule has 0 atom stereocenters. The van der Waals surface area contributed by atoms with Crippen molar-refractivity contribution < 1.29 is 4.74 Å². The highest BCUT2D eigenvalue weighted by Crippen LogP contribution is 2.25. The normalized spacial score (nSPS) is 10.5. The number of methoxy groups -OCH3 is 1. The summed E-state index contributed by atoms with van der Waals surface area (Å²) < 4.78 is 5.25. The third-order valence-corrected chi connectivity index (χ3v) is 5.01. The van der Waals surface area contributed by atoms with Crippen molar-refractivity contribution in [3.63, 3.8) is 0 Å². The standard InChI is InChI=1S/C17H17NOS2/c1-19-15-8-6-14(7-9-15)18(12-16-4-2-10-20-16)13-17-5-3-11-21-17/h2-11H,12-13H2,1H3. The number of rotatable bonds is 6. The third kappa shape index (κ3) is 3.65. The van der Waals surface area contributed by atoms with Gasteiger partial charge in [-0.2, -0.15) is 0 Å². The molecule has 0 aliphatic carbocycles. The average Bonchev–Trinajstić information content (AvgIpc) is 3.20. The van der Waals surface area contributed by atoms with Crippen molar-refractivity contribution >= 4 is 28.4 Å². The van der Waals surface area contributed by atoms with Gasteiger partial charge in [-0.1, -0.05) is 12.1 Å². The third-order valence-electron chi connectivity index (χ3n) is 3.29. The van der Waals surface area contributed by atoms with Gasteiger partial charge in [0.15, 0.2) is 0 Å². The van der Waals surface area contributed by atoms with Gasteiger partial charge < -0.3 is 9.64 Å². The summed E-state index contributed by atoms with van der Waals surface area (Å²) in [6.07, 6.45) is 0. The van der Waals surface area contributed by atoms with Gasteiger partial charge in [-0.15, -0.1) is 22.7 Å². The zero-order valence-corrected chi connectivity index (χ0v) is 13.5. The van der Waals surface area contributed by atoms with Crippen LogP contribution in [0.2, 0.25) is 0 Å². The summed E-state index contributed by atoms with van der Waals surface area (Å²) in [5.74, 6) is 0.894. The van der Waals surface area contributed by atoms with Gasteiger partial charge in [-0.05, 0) is 47.2 Å². The van der Waals surface area contributed by atoms with E-state index in [0.29, 0.717) is 0 Å². The van der Waals surface area contributed by atoms with E-state index >= 15 is 0 Å². The number of anilines is 1. The van der Waals surface area contributed by atoms with Gasteiger partial charge >= 0.3 is 0 Å². The Balaban J connectivity index is 1.83. The van der Waals surface area contributed by atoms with Gasteiger partial charge in [-0.25, -0.2) is 0 Å². The van der Waals surface area contributed by atoms with Crippen molar-refractivity contribution in [2.75, 3.05) is 12.0 Å². The summed E-state index contributed by atoms with van der Waals surface area (Å²) in [5.41, 5.74) is 1.22. The fraction of sp³-hybridized carbons (Fsp3) is 0.176. The second-order valence-electron chi connectivity index (χ2n) is 4.71. The fourth-order valence-electron chi connectivity index (χ4n) is 2.21. The molecule has 1 aromatic carbocycles. The van der Waals surface area contributed by atoms with Crippen LogP contribution in [0.1, 0.15) is 9.75 Å². The molecular weight excluding hydrogens is 298 g/mol. The zero-order valence-electron chi connectivity index (χ0n) is 11.9. The number of nitrogens with zero attached hydrogens (tertiary/aromatic N) is 1. The molecule has 0 bridgehead atoms. The smallest absolute Gasteiger partial charge is 0.119 e. The first-order chi connectivity index (χ1) is 10.3. The molecule has 4 heteroatoms. The van der Waals surface area contributed by atoms with Crippen LogP contribution in [-0.4, -0.2) is 7.11 Å². The fourth-order valence-corrected chi connectivity index (χ4v) is 3.65. The zero-order chi connectivity index (χ0) is 14.5. The second-order valence-corrected chi connectivity index (χ2v) is 6.78. The SMILES string of the molecule is COc1ccc(N(Cc2cccs2)Cc2cccs2)cc1. The predicted octanol–water partition coefficient (Wildman–Crippen LogP) is 5.03. The molecule has 0 saturated heterocycles. The molecule has 0 unspecified atom stereocenters. The molecule has 0 fully saturated rings. The molecule has 3 aromatic rings. The van der Waals surface area contributed by atoms with E-state index in [-0.39, 0.29) is 0 Å². The molecule has 0 saturated carbocycles. The Morgan fingerprint density at radius 2 is 1.43 bits per heavy atom. The largest absolute Gasteiger partial charge is 0.497 e. The van der Waals surface area contributed by atoms with Crippen LogP contribution in [0.25, 0.3) is 0 Å². The molecule has 108 valence electrons. The van der Waals surface area contributed by atoms with Crippen LogP contribution in [0.5, 0.6) is 5.75 Å². The Morgan fingerprint density at radius 3 is 1.86 bits per heavy atom. The summed E-state index contributed by atoms with van der Waals surface area (Å²) >= 11 is 3.61. The van der Waals surface area contributed by atoms with E-state index in [2.05, 4.69) is 52.1 Å². The van der Waals surface area contributed by atoms with Gasteiger partial charge in [0, 0.05) is 15.4 Å². The molecule has 3 rings (SSSR count). The van der Waals surface area contributed by atoms with Crippen molar-refractivity contribution in [1.82, 2.24) is 0 Å². The highest BCUT2D eigenvalue weighted by molar-refractivity contribution is 7.10. The molecule has 2 aromatic heterocycles. The molecule has 0 aliphatic rings. The highest BCUT2D eigenvalue weighted by atomic mass is 32.1. The number of thiophene rings is 2. The first-order valence-corrected chi connectivity index (χ1v) is 8.55. The van der Waals surface area contributed by atoms with Gasteiger partial charge in [0.1, 0.15) is 5.75 Å². The minimum absolute atomic E-state index is 0.894. The summed E-state index contributed by atoms with van der Waals surface area (Å²) in [4.78, 5) is 5.15. The minimum Gasteiger partial charge on any atom is -0.497 e. The van der Waals surface area contributed by atoms with Crippen molar-refractivity contribution in [2.24, 2.45) is 0 Å². The monoisotopic (exact) mass is 315 g/mol. The predicted molar refractivity (Wildman–Crippen MR) is 91.5 cm³/mol. The molecule has 21 heavy (non-hydrogen) atoms. The molecule has 2 heterocycles. The van der Waals surface area contributed by atoms with E-state index in [9.17, 15) is 0 Å². The van der Waals surface area contributed by atoms with E-state index < -0.39 is 0 Å². The molecule has 2 nitrogen and oxygen atoms in total. The summed E-state index contributed by atoms with van der Waals surface area (Å²) in [6.45, 7) is 1.86. The molecule has 0 spiro atoms. The van der Waals surface area contributed by atoms with Crippen molar-refractivity contribution in [3.05, 3.63) is 69.0 Å². The first-order valence-electron chi connectivity index (χ1n) is 6.79. The number of hydrogen-bond donors (Lipinski definition) is 0.